The molecule has 0 unspecified atom stereocenters. The number of carbonyl (C=O) groups is 1. The first-order chi connectivity index (χ1) is 5.25. The highest BCUT2D eigenvalue weighted by Gasteiger charge is 2.17. The van der Waals surface area contributed by atoms with E-state index >= 15 is 0 Å². The van der Waals surface area contributed by atoms with Gasteiger partial charge in [-0.05, 0) is 0 Å². The molecule has 1 aliphatic rings. The molecule has 1 saturated heterocycles. The molecule has 0 amide bonds. The minimum atomic E-state index is -0.996. The molecular formula is C7H6O2S2. The van der Waals surface area contributed by atoms with Crippen molar-refractivity contribution in [2.24, 2.45) is 0 Å². The highest BCUT2D eigenvalue weighted by atomic mass is 32.2. The number of thioether (sulfide) groups is 2. The summed E-state index contributed by atoms with van der Waals surface area (Å²) in [6.07, 6.45) is 5.04. The Labute approximate surface area is 73.4 Å². The average molecular weight is 186 g/mol. The molecule has 1 fully saturated rings. The van der Waals surface area contributed by atoms with E-state index in [-0.39, 0.29) is 5.57 Å². The van der Waals surface area contributed by atoms with Gasteiger partial charge in [0.2, 0.25) is 0 Å². The first kappa shape index (κ1) is 8.57. The smallest absolute Gasteiger partial charge is 0.345 e. The van der Waals surface area contributed by atoms with Crippen LogP contribution in [0, 0.1) is 12.3 Å². The van der Waals surface area contributed by atoms with Gasteiger partial charge in [0.1, 0.15) is 5.57 Å². The average Bonchev–Trinajstić information content (AvgIpc) is 2.40. The fraction of sp³-hybridized carbons (Fsp3) is 0.286. The molecule has 1 N–H and O–H groups in total. The van der Waals surface area contributed by atoms with Crippen LogP contribution in [0.1, 0.15) is 0 Å². The molecule has 2 nitrogen and oxygen atoms in total. The topological polar surface area (TPSA) is 37.3 Å². The summed E-state index contributed by atoms with van der Waals surface area (Å²) in [6.45, 7) is 0. The maximum absolute atomic E-state index is 10.5. The second-order valence-corrected chi connectivity index (χ2v) is 4.28. The quantitative estimate of drug-likeness (QED) is 0.496. The van der Waals surface area contributed by atoms with Crippen molar-refractivity contribution >= 4 is 29.5 Å². The van der Waals surface area contributed by atoms with E-state index in [1.165, 1.54) is 23.5 Å². The summed E-state index contributed by atoms with van der Waals surface area (Å²) in [5.74, 6) is 3.10. The predicted octanol–water partition coefficient (Wildman–Crippen LogP) is 1.40. The standard InChI is InChI=1S/C7H6O2S2/c1-2-5(6(8)9)7-10-3-4-11-7/h1H,3-4H2,(H,8,9). The SMILES string of the molecule is C#CC(C(=O)O)=C1SCCS1. The van der Waals surface area contributed by atoms with E-state index in [0.717, 1.165) is 15.7 Å². The van der Waals surface area contributed by atoms with Gasteiger partial charge in [0.25, 0.3) is 0 Å². The summed E-state index contributed by atoms with van der Waals surface area (Å²) in [5, 5.41) is 8.61. The van der Waals surface area contributed by atoms with Crippen molar-refractivity contribution in [3.8, 4) is 12.3 Å². The van der Waals surface area contributed by atoms with Crippen LogP contribution < -0.4 is 0 Å². The highest BCUT2D eigenvalue weighted by molar-refractivity contribution is 8.25. The number of carboxylic acid groups (broad SMARTS) is 1. The maximum atomic E-state index is 10.5. The van der Waals surface area contributed by atoms with Crippen LogP contribution in [0.15, 0.2) is 9.81 Å². The molecule has 0 aromatic heterocycles. The molecule has 11 heavy (non-hydrogen) atoms. The highest BCUT2D eigenvalue weighted by Crippen LogP contribution is 2.38. The lowest BCUT2D eigenvalue weighted by atomic mass is 10.3. The van der Waals surface area contributed by atoms with Crippen LogP contribution in [0.4, 0.5) is 0 Å². The Morgan fingerprint density at radius 2 is 2.09 bits per heavy atom. The van der Waals surface area contributed by atoms with E-state index in [1.54, 1.807) is 0 Å². The Bertz CT molecular complexity index is 242. The summed E-state index contributed by atoms with van der Waals surface area (Å²) in [5.41, 5.74) is 0.109. The molecule has 1 aliphatic heterocycles. The van der Waals surface area contributed by atoms with Gasteiger partial charge in [-0.25, -0.2) is 4.79 Å². The van der Waals surface area contributed by atoms with Gasteiger partial charge in [0.05, 0.1) is 4.24 Å². The third-order valence-corrected chi connectivity index (χ3v) is 3.83. The van der Waals surface area contributed by atoms with Crippen LogP contribution in [0.2, 0.25) is 0 Å². The Balaban J connectivity index is 2.90. The van der Waals surface area contributed by atoms with E-state index in [2.05, 4.69) is 5.92 Å². The second-order valence-electron chi connectivity index (χ2n) is 1.81. The summed E-state index contributed by atoms with van der Waals surface area (Å²) >= 11 is 3.05. The molecule has 0 atom stereocenters. The molecular weight excluding hydrogens is 180 g/mol. The zero-order chi connectivity index (χ0) is 8.27. The van der Waals surface area contributed by atoms with E-state index in [0.29, 0.717) is 0 Å². The number of rotatable bonds is 1. The molecule has 0 radical (unpaired) electrons. The zero-order valence-electron chi connectivity index (χ0n) is 5.66. The van der Waals surface area contributed by atoms with Gasteiger partial charge in [-0.1, -0.05) is 5.92 Å². The second kappa shape index (κ2) is 3.74. The normalized spacial score (nSPS) is 16.1. The van der Waals surface area contributed by atoms with Crippen molar-refractivity contribution in [2.75, 3.05) is 11.5 Å². The van der Waals surface area contributed by atoms with Gasteiger partial charge in [0, 0.05) is 11.5 Å². The largest absolute Gasteiger partial charge is 0.477 e. The lowest BCUT2D eigenvalue weighted by Crippen LogP contribution is -1.98. The Hall–Kier alpha value is -0.530. The van der Waals surface area contributed by atoms with Gasteiger partial charge >= 0.3 is 5.97 Å². The number of terminal acetylenes is 1. The molecule has 58 valence electrons. The molecule has 0 bridgehead atoms. The number of hydrogen-bond donors (Lipinski definition) is 1. The lowest BCUT2D eigenvalue weighted by Gasteiger charge is -1.95. The van der Waals surface area contributed by atoms with Crippen molar-refractivity contribution < 1.29 is 9.90 Å². The molecule has 4 heteroatoms. The van der Waals surface area contributed by atoms with Crippen LogP contribution in [-0.2, 0) is 4.79 Å². The third-order valence-electron chi connectivity index (χ3n) is 1.11. The summed E-state index contributed by atoms with van der Waals surface area (Å²) in [4.78, 5) is 10.5. The minimum absolute atomic E-state index is 0.109. The number of hydrogen-bond acceptors (Lipinski definition) is 3. The molecule has 0 spiro atoms. The van der Waals surface area contributed by atoms with Crippen LogP contribution >= 0.6 is 23.5 Å². The van der Waals surface area contributed by atoms with Gasteiger partial charge in [-0.2, -0.15) is 0 Å². The maximum Gasteiger partial charge on any atom is 0.345 e. The van der Waals surface area contributed by atoms with Crippen molar-refractivity contribution in [3.05, 3.63) is 9.81 Å². The molecule has 0 saturated carbocycles. The third kappa shape index (κ3) is 1.95. The van der Waals surface area contributed by atoms with Crippen LogP contribution in [0.5, 0.6) is 0 Å². The van der Waals surface area contributed by atoms with Gasteiger partial charge < -0.3 is 5.11 Å². The van der Waals surface area contributed by atoms with Crippen molar-refractivity contribution in [1.82, 2.24) is 0 Å². The van der Waals surface area contributed by atoms with Crippen LogP contribution in [0.3, 0.4) is 0 Å². The number of aliphatic carboxylic acids is 1. The Morgan fingerprint density at radius 1 is 1.55 bits per heavy atom. The molecule has 0 aromatic carbocycles. The fourth-order valence-electron chi connectivity index (χ4n) is 0.663. The Morgan fingerprint density at radius 3 is 2.45 bits per heavy atom. The van der Waals surface area contributed by atoms with Crippen molar-refractivity contribution in [3.63, 3.8) is 0 Å². The number of carboxylic acids is 1. The van der Waals surface area contributed by atoms with Gasteiger partial charge in [0.15, 0.2) is 0 Å². The first-order valence-electron chi connectivity index (χ1n) is 2.95. The summed E-state index contributed by atoms with van der Waals surface area (Å²) in [6, 6.07) is 0. The van der Waals surface area contributed by atoms with Crippen LogP contribution in [0.25, 0.3) is 0 Å². The summed E-state index contributed by atoms with van der Waals surface area (Å²) < 4.78 is 0.778. The lowest BCUT2D eigenvalue weighted by molar-refractivity contribution is -0.132. The summed E-state index contributed by atoms with van der Waals surface area (Å²) in [7, 11) is 0. The van der Waals surface area contributed by atoms with E-state index in [4.69, 9.17) is 11.5 Å². The Kier molecular flexibility index (Phi) is 2.92. The van der Waals surface area contributed by atoms with Crippen molar-refractivity contribution in [1.29, 1.82) is 0 Å². The zero-order valence-corrected chi connectivity index (χ0v) is 7.30. The first-order valence-corrected chi connectivity index (χ1v) is 4.92. The van der Waals surface area contributed by atoms with E-state index in [1.807, 2.05) is 0 Å². The fourth-order valence-corrected chi connectivity index (χ4v) is 3.11. The molecule has 1 heterocycles. The van der Waals surface area contributed by atoms with Gasteiger partial charge in [-0.15, -0.1) is 29.9 Å². The van der Waals surface area contributed by atoms with E-state index in [9.17, 15) is 4.79 Å². The molecule has 1 rings (SSSR count). The predicted molar refractivity (Wildman–Crippen MR) is 48.4 cm³/mol. The van der Waals surface area contributed by atoms with Crippen LogP contribution in [-0.4, -0.2) is 22.6 Å². The molecule has 0 aromatic rings. The van der Waals surface area contributed by atoms with Gasteiger partial charge in [-0.3, -0.25) is 0 Å². The molecule has 0 aliphatic carbocycles. The van der Waals surface area contributed by atoms with Crippen molar-refractivity contribution in [2.45, 2.75) is 0 Å². The van der Waals surface area contributed by atoms with E-state index < -0.39 is 5.97 Å². The monoisotopic (exact) mass is 186 g/mol. The minimum Gasteiger partial charge on any atom is -0.477 e.